The smallest absolute Gasteiger partial charge is 0.231 e. The molecule has 3 heteroatoms. The first-order valence-electron chi connectivity index (χ1n) is 8.51. The van der Waals surface area contributed by atoms with E-state index in [2.05, 4.69) is 5.32 Å². The van der Waals surface area contributed by atoms with Gasteiger partial charge in [0.25, 0.3) is 0 Å². The van der Waals surface area contributed by atoms with Crippen LogP contribution in [0.2, 0.25) is 0 Å². The number of benzene rings is 1. The summed E-state index contributed by atoms with van der Waals surface area (Å²) < 4.78 is 69.4. The van der Waals surface area contributed by atoms with Gasteiger partial charge in [-0.1, -0.05) is 12.9 Å². The van der Waals surface area contributed by atoms with Crippen LogP contribution in [0, 0.1) is 0 Å². The lowest BCUT2D eigenvalue weighted by Crippen LogP contribution is -2.27. The zero-order valence-corrected chi connectivity index (χ0v) is 8.26. The van der Waals surface area contributed by atoms with Gasteiger partial charge in [-0.25, -0.2) is 0 Å². The Kier molecular flexibility index (Phi) is 1.31. The molecule has 0 fully saturated rings. The second kappa shape index (κ2) is 4.53. The molecule has 1 heterocycles. The molecule has 1 N–H and O–H groups in total. The fourth-order valence-electron chi connectivity index (χ4n) is 1.39. The SMILES string of the molecule is [2H]C1([2H])Oc2ccc(C[C@]([2H])(C)NC([2H])([2H])C([2H])([2H])[2H])cc2O1. The van der Waals surface area contributed by atoms with Crippen LogP contribution >= 0.6 is 0 Å². The van der Waals surface area contributed by atoms with Crippen molar-refractivity contribution in [3.8, 4) is 11.5 Å². The number of hydrogen-bond acceptors (Lipinski definition) is 3. The predicted molar refractivity (Wildman–Crippen MR) is 59.4 cm³/mol. The second-order valence-electron chi connectivity index (χ2n) is 3.28. The van der Waals surface area contributed by atoms with Gasteiger partial charge in [0.15, 0.2) is 11.5 Å². The molecule has 0 aromatic heterocycles. The van der Waals surface area contributed by atoms with Crippen molar-refractivity contribution in [1.29, 1.82) is 0 Å². The summed E-state index contributed by atoms with van der Waals surface area (Å²) >= 11 is 0. The van der Waals surface area contributed by atoms with Crippen LogP contribution in [0.25, 0.3) is 0 Å². The number of likely N-dealkylation sites (N-methyl/N-ethyl adjacent to an activating group) is 1. The van der Waals surface area contributed by atoms with E-state index in [9.17, 15) is 0 Å². The topological polar surface area (TPSA) is 30.5 Å². The third-order valence-corrected chi connectivity index (χ3v) is 2.06. The maximum atomic E-state index is 8.13. The third-order valence-electron chi connectivity index (χ3n) is 2.06. The van der Waals surface area contributed by atoms with E-state index in [1.54, 1.807) is 6.07 Å². The lowest BCUT2D eigenvalue weighted by atomic mass is 10.1. The summed E-state index contributed by atoms with van der Waals surface area (Å²) in [5.74, 6) is 0.415. The van der Waals surface area contributed by atoms with Gasteiger partial charge in [0.05, 0.1) is 0 Å². The number of fused-ring (bicyclic) bond motifs is 1. The summed E-state index contributed by atoms with van der Waals surface area (Å²) in [5.41, 5.74) is 0.552. The van der Waals surface area contributed by atoms with Crippen molar-refractivity contribution in [2.75, 3.05) is 13.2 Å². The van der Waals surface area contributed by atoms with Crippen molar-refractivity contribution in [2.24, 2.45) is 0 Å². The molecule has 0 saturated carbocycles. The van der Waals surface area contributed by atoms with E-state index >= 15 is 0 Å². The van der Waals surface area contributed by atoms with Gasteiger partial charge < -0.3 is 14.8 Å². The van der Waals surface area contributed by atoms with Crippen molar-refractivity contribution >= 4 is 0 Å². The van der Waals surface area contributed by atoms with Crippen LogP contribution in [0.1, 0.15) is 30.3 Å². The van der Waals surface area contributed by atoms with Gasteiger partial charge in [-0.05, 0) is 37.5 Å². The molecule has 82 valence electrons. The Morgan fingerprint density at radius 3 is 3.40 bits per heavy atom. The predicted octanol–water partition coefficient (Wildman–Crippen LogP) is 1.96. The van der Waals surface area contributed by atoms with Gasteiger partial charge in [0.1, 0.15) is 2.74 Å². The minimum absolute atomic E-state index is 0.0117. The number of ether oxygens (including phenoxy) is 2. The Morgan fingerprint density at radius 1 is 1.67 bits per heavy atom. The molecule has 1 aliphatic rings. The Balaban J connectivity index is 2.13. The summed E-state index contributed by atoms with van der Waals surface area (Å²) in [6.45, 7) is -6.50. The van der Waals surface area contributed by atoms with E-state index in [4.69, 9.17) is 20.4 Å². The zero-order chi connectivity index (χ0) is 17.7. The number of hydrogen-bond donors (Lipinski definition) is 1. The van der Waals surface area contributed by atoms with E-state index < -0.39 is 26.1 Å². The van der Waals surface area contributed by atoms with Crippen LogP contribution in [-0.2, 0) is 6.42 Å². The summed E-state index contributed by atoms with van der Waals surface area (Å²) in [6, 6.07) is 2.97. The minimum atomic E-state index is -2.90. The molecule has 1 aromatic rings. The molecule has 0 spiro atoms. The van der Waals surface area contributed by atoms with Gasteiger partial charge >= 0.3 is 0 Å². The maximum absolute atomic E-state index is 8.13. The molecule has 0 saturated heterocycles. The zero-order valence-electron chi connectivity index (χ0n) is 16.3. The Labute approximate surface area is 102 Å². The first kappa shape index (κ1) is 4.34. The van der Waals surface area contributed by atoms with Crippen molar-refractivity contribution in [2.45, 2.75) is 26.2 Å². The number of rotatable bonds is 4. The average molecular weight is 215 g/mol. The third kappa shape index (κ3) is 2.42. The highest BCUT2D eigenvalue weighted by Crippen LogP contribution is 2.32. The average Bonchev–Trinajstić information content (AvgIpc) is 2.58. The fourth-order valence-corrected chi connectivity index (χ4v) is 1.39. The van der Waals surface area contributed by atoms with Gasteiger partial charge in [0, 0.05) is 14.2 Å². The monoisotopic (exact) mass is 215 g/mol. The standard InChI is InChI=1S/C12H17NO2/c1-3-13-9(2)6-10-4-5-11-12(7-10)15-8-14-11/h4-5,7,9,13H,3,6,8H2,1-2H3/t9-/m0/s1/i1D3,3D2,8D2,9D. The van der Waals surface area contributed by atoms with Crippen LogP contribution in [0.5, 0.6) is 11.5 Å². The summed E-state index contributed by atoms with van der Waals surface area (Å²) in [5, 5.41) is 2.20. The van der Waals surface area contributed by atoms with Gasteiger partial charge in [-0.3, -0.25) is 0 Å². The van der Waals surface area contributed by atoms with E-state index in [0.717, 1.165) is 0 Å². The van der Waals surface area contributed by atoms with E-state index in [0.29, 0.717) is 5.56 Å². The Hall–Kier alpha value is -1.22. The van der Waals surface area contributed by atoms with Crippen LogP contribution in [0.15, 0.2) is 18.2 Å². The van der Waals surface area contributed by atoms with Crippen LogP contribution < -0.4 is 14.8 Å². The van der Waals surface area contributed by atoms with Crippen LogP contribution in [0.4, 0.5) is 0 Å². The largest absolute Gasteiger partial charge is 0.454 e. The first-order chi connectivity index (χ1) is 10.2. The highest BCUT2D eigenvalue weighted by molar-refractivity contribution is 5.44. The lowest BCUT2D eigenvalue weighted by Gasteiger charge is -2.12. The molecular weight excluding hydrogens is 190 g/mol. The van der Waals surface area contributed by atoms with E-state index in [-0.39, 0.29) is 17.9 Å². The quantitative estimate of drug-likeness (QED) is 0.833. The van der Waals surface area contributed by atoms with E-state index in [1.807, 2.05) is 0 Å². The molecule has 2 rings (SSSR count). The van der Waals surface area contributed by atoms with Crippen molar-refractivity contribution < 1.29 is 20.4 Å². The molecule has 0 unspecified atom stereocenters. The molecule has 1 atom stereocenters. The highest BCUT2D eigenvalue weighted by atomic mass is 16.7. The van der Waals surface area contributed by atoms with Gasteiger partial charge in [0.2, 0.25) is 6.75 Å². The van der Waals surface area contributed by atoms with Crippen molar-refractivity contribution in [3.63, 3.8) is 0 Å². The first-order valence-corrected chi connectivity index (χ1v) is 4.51. The van der Waals surface area contributed by atoms with Crippen molar-refractivity contribution in [3.05, 3.63) is 23.8 Å². The van der Waals surface area contributed by atoms with Gasteiger partial charge in [-0.15, -0.1) is 0 Å². The Morgan fingerprint density at radius 2 is 2.53 bits per heavy atom. The van der Waals surface area contributed by atoms with Crippen molar-refractivity contribution in [1.82, 2.24) is 5.32 Å². The molecule has 0 aliphatic carbocycles. The molecule has 0 radical (unpaired) electrons. The summed E-state index contributed by atoms with van der Waals surface area (Å²) in [7, 11) is 0. The number of nitrogens with one attached hydrogen (secondary N) is 1. The molecule has 0 amide bonds. The van der Waals surface area contributed by atoms with Crippen LogP contribution in [-0.4, -0.2) is 19.3 Å². The highest BCUT2D eigenvalue weighted by Gasteiger charge is 2.13. The van der Waals surface area contributed by atoms with E-state index in [1.165, 1.54) is 19.1 Å². The molecular formula is C12H17NO2. The minimum Gasteiger partial charge on any atom is -0.454 e. The lowest BCUT2D eigenvalue weighted by molar-refractivity contribution is 0.174. The second-order valence-corrected chi connectivity index (χ2v) is 3.28. The summed E-state index contributed by atoms with van der Waals surface area (Å²) in [6.07, 6.45) is -0.0117. The molecule has 3 nitrogen and oxygen atoms in total. The Bertz CT molecular complexity index is 599. The van der Waals surface area contributed by atoms with Crippen LogP contribution in [0.3, 0.4) is 0 Å². The summed E-state index contributed by atoms with van der Waals surface area (Å²) in [4.78, 5) is 0. The fraction of sp³-hybridized carbons (Fsp3) is 0.500. The molecule has 15 heavy (non-hydrogen) atoms. The molecule has 1 aliphatic heterocycles. The maximum Gasteiger partial charge on any atom is 0.231 e. The normalized spacial score (nSPS) is 30.5. The molecule has 0 bridgehead atoms. The molecule has 1 aromatic carbocycles. The van der Waals surface area contributed by atoms with Gasteiger partial charge in [-0.2, -0.15) is 0 Å².